The van der Waals surface area contributed by atoms with Gasteiger partial charge in [0.2, 0.25) is 11.8 Å². The van der Waals surface area contributed by atoms with Crippen molar-refractivity contribution in [3.8, 4) is 11.5 Å². The van der Waals surface area contributed by atoms with Crippen molar-refractivity contribution in [3.05, 3.63) is 170 Å². The number of hydrogen-bond donors (Lipinski definition) is 0. The molecule has 5 aliphatic rings. The zero-order valence-electron chi connectivity index (χ0n) is 50.4. The molecule has 0 aromatic heterocycles. The van der Waals surface area contributed by atoms with Crippen LogP contribution in [0.15, 0.2) is 158 Å². The van der Waals surface area contributed by atoms with Crippen molar-refractivity contribution in [2.75, 3.05) is 50.3 Å². The molecule has 0 bridgehead atoms. The molecule has 4 amide bonds. The van der Waals surface area contributed by atoms with Crippen LogP contribution in [-0.2, 0) is 47.1 Å². The van der Waals surface area contributed by atoms with E-state index in [9.17, 15) is 33.6 Å². The number of nitrogens with zero attached hydrogens (tertiary/aromatic N) is 4. The number of carbonyl (C=O) groups excluding carboxylic acids is 7. The number of benzene rings is 5. The quantitative estimate of drug-likeness (QED) is 0.0180. The average Bonchev–Trinajstić information content (AvgIpc) is 0.963. The van der Waals surface area contributed by atoms with Gasteiger partial charge >= 0.3 is 11.9 Å². The maximum atomic E-state index is 14.9. The Hall–Kier alpha value is -7.94. The molecule has 10 rings (SSSR count). The summed E-state index contributed by atoms with van der Waals surface area (Å²) in [6, 6.07) is 38.8. The van der Waals surface area contributed by atoms with Gasteiger partial charge in [-0.05, 0) is 117 Å². The van der Waals surface area contributed by atoms with Gasteiger partial charge in [-0.3, -0.25) is 24.0 Å². The SMILES string of the molecule is C=CCOC(=O)C(N1C(=O)[C@H]([C@@H](C)O[Si](C)(C)C)[C@H]1CC(=O)c1ccc2c(c1)N(C)C(=O)CO2)=P(c1ccccc1)(c1ccccc1)c1ccccc1.C=CCOC(=O)C1=C(c2ccc3c(c2)N(C)C(=O)CO3)C[C@@H]2[C@@H]([C@@H](C)O[Si](C)(C)C)C(=O)N12. The molecule has 6 atom stereocenters. The minimum atomic E-state index is -3.19. The second kappa shape index (κ2) is 25.6. The summed E-state index contributed by atoms with van der Waals surface area (Å²) >= 11 is 0. The number of esters is 2. The van der Waals surface area contributed by atoms with Gasteiger partial charge in [-0.25, -0.2) is 9.59 Å². The Kier molecular flexibility index (Phi) is 18.6. The van der Waals surface area contributed by atoms with Gasteiger partial charge in [-0.15, -0.1) is 0 Å². The highest BCUT2D eigenvalue weighted by Crippen LogP contribution is 2.52. The minimum absolute atomic E-state index is 0.00825. The van der Waals surface area contributed by atoms with Gasteiger partial charge in [0.05, 0.1) is 47.5 Å². The number of ether oxygens (including phenoxy) is 4. The summed E-state index contributed by atoms with van der Waals surface area (Å²) in [5, 5.41) is 2.54. The number of likely N-dealkylation sites (N-methyl/N-ethyl adjacent to an activating group) is 2. The number of rotatable bonds is 20. The lowest BCUT2D eigenvalue weighted by Crippen LogP contribution is -2.69. The molecular formula is C66H75N4O13PSi2. The zero-order valence-corrected chi connectivity index (χ0v) is 53.3. The molecule has 0 aliphatic carbocycles. The third-order valence-corrected chi connectivity index (χ3v) is 22.2. The number of likely N-dealkylation sites (tertiary alicyclic amines) is 1. The normalized spacial score (nSPS) is 19.7. The Morgan fingerprint density at radius 1 is 0.640 bits per heavy atom. The van der Waals surface area contributed by atoms with E-state index in [2.05, 4.69) is 52.4 Å². The van der Waals surface area contributed by atoms with E-state index >= 15 is 0 Å². The molecule has 5 heterocycles. The van der Waals surface area contributed by atoms with Crippen molar-refractivity contribution >= 4 is 103 Å². The monoisotopic (exact) mass is 1220 g/mol. The predicted molar refractivity (Wildman–Crippen MR) is 340 cm³/mol. The maximum Gasteiger partial charge on any atom is 0.356 e. The molecule has 5 aliphatic heterocycles. The first-order chi connectivity index (χ1) is 40.9. The first-order valence-electron chi connectivity index (χ1n) is 28.8. The Labute approximate surface area is 505 Å². The number of Topliss-reactive ketones (excluding diaryl/α,β-unsaturated/α-hetero) is 1. The second-order valence-corrected chi connectivity index (χ2v) is 36.0. The van der Waals surface area contributed by atoms with Crippen molar-refractivity contribution in [3.63, 3.8) is 0 Å². The van der Waals surface area contributed by atoms with E-state index in [0.717, 1.165) is 27.1 Å². The van der Waals surface area contributed by atoms with Crippen molar-refractivity contribution in [2.24, 2.45) is 11.8 Å². The smallest absolute Gasteiger partial charge is 0.356 e. The summed E-state index contributed by atoms with van der Waals surface area (Å²) in [6.07, 6.45) is 2.61. The first kappa shape index (κ1) is 62.6. The van der Waals surface area contributed by atoms with Gasteiger partial charge in [0.15, 0.2) is 35.6 Å². The Morgan fingerprint density at radius 3 is 1.62 bits per heavy atom. The molecule has 0 spiro atoms. The van der Waals surface area contributed by atoms with Crippen LogP contribution >= 0.6 is 6.89 Å². The molecule has 2 fully saturated rings. The van der Waals surface area contributed by atoms with E-state index in [1.165, 1.54) is 22.0 Å². The molecule has 20 heteroatoms. The van der Waals surface area contributed by atoms with Crippen LogP contribution in [0.3, 0.4) is 0 Å². The average molecular weight is 1220 g/mol. The molecule has 17 nitrogen and oxygen atoms in total. The van der Waals surface area contributed by atoms with E-state index in [1.54, 1.807) is 48.2 Å². The van der Waals surface area contributed by atoms with E-state index in [1.807, 2.05) is 117 Å². The molecule has 0 N–H and O–H groups in total. The van der Waals surface area contributed by atoms with Crippen molar-refractivity contribution in [2.45, 2.75) is 90.3 Å². The second-order valence-electron chi connectivity index (χ2n) is 23.8. The molecule has 86 heavy (non-hydrogen) atoms. The van der Waals surface area contributed by atoms with Crippen LogP contribution in [0.25, 0.3) is 5.57 Å². The molecule has 0 unspecified atom stereocenters. The summed E-state index contributed by atoms with van der Waals surface area (Å²) in [7, 11) is -0.660. The summed E-state index contributed by atoms with van der Waals surface area (Å²) in [5.41, 5.74) is 3.39. The molecule has 450 valence electrons. The lowest BCUT2D eigenvalue weighted by molar-refractivity contribution is -0.161. The molecule has 5 aromatic carbocycles. The van der Waals surface area contributed by atoms with Crippen LogP contribution in [0.5, 0.6) is 11.5 Å². The largest absolute Gasteiger partial charge is 0.482 e. The fourth-order valence-electron chi connectivity index (χ4n) is 12.1. The lowest BCUT2D eigenvalue weighted by atomic mass is 9.79. The van der Waals surface area contributed by atoms with Crippen LogP contribution < -0.4 is 35.2 Å². The number of hydrogen-bond acceptors (Lipinski definition) is 13. The zero-order chi connectivity index (χ0) is 62.0. The van der Waals surface area contributed by atoms with Gasteiger partial charge in [0.25, 0.3) is 11.8 Å². The highest BCUT2D eigenvalue weighted by atomic mass is 31.2. The van der Waals surface area contributed by atoms with E-state index in [0.29, 0.717) is 34.9 Å². The fourth-order valence-corrected chi connectivity index (χ4v) is 19.0. The number of carbonyl (C=O) groups is 7. The highest BCUT2D eigenvalue weighted by Gasteiger charge is 2.59. The van der Waals surface area contributed by atoms with Crippen LogP contribution in [0.2, 0.25) is 39.3 Å². The fraction of sp³-hybridized carbons (Fsp3) is 0.333. The number of ketones is 1. The topological polar surface area (TPSA) is 188 Å². The van der Waals surface area contributed by atoms with Gasteiger partial charge in [0, 0.05) is 33.0 Å². The van der Waals surface area contributed by atoms with E-state index in [-0.39, 0.29) is 91.4 Å². The van der Waals surface area contributed by atoms with E-state index < -0.39 is 53.5 Å². The molecule has 2 saturated heterocycles. The summed E-state index contributed by atoms with van der Waals surface area (Å²) in [4.78, 5) is 101. The van der Waals surface area contributed by atoms with Gasteiger partial charge in [0.1, 0.15) is 35.8 Å². The maximum absolute atomic E-state index is 14.9. The molecule has 5 aromatic rings. The minimum Gasteiger partial charge on any atom is -0.482 e. The van der Waals surface area contributed by atoms with E-state index in [4.69, 9.17) is 27.8 Å². The third kappa shape index (κ3) is 12.4. The predicted octanol–water partition coefficient (Wildman–Crippen LogP) is 8.49. The van der Waals surface area contributed by atoms with Crippen LogP contribution in [0.4, 0.5) is 11.4 Å². The number of amides is 4. The van der Waals surface area contributed by atoms with Crippen molar-refractivity contribution in [1.82, 2.24) is 9.80 Å². The number of β-lactam (4-membered cyclic amide) rings is 2. The van der Waals surface area contributed by atoms with Crippen LogP contribution in [0.1, 0.15) is 42.6 Å². The summed E-state index contributed by atoms with van der Waals surface area (Å²) < 4.78 is 35.1. The molecule has 0 radical (unpaired) electrons. The van der Waals surface area contributed by atoms with Gasteiger partial charge in [-0.1, -0.05) is 122 Å². The number of anilines is 2. The standard InChI is InChI=1S/C42H45N2O7PSi.C24H30N2O6Si/c1-7-25-49-42(48)41(52(31-17-11-8-12-18-31,32-19-13-9-14-20-32)33-21-15-10-16-22-33)44-35(39(40(44)47)29(2)51-53(4,5)6)27-36(45)30-23-24-37-34(26-30)43(3)38(46)28-50-37;1-7-10-30-24(29)22-16(15-8-9-19-17(11-15)25(3)20(27)13-31-19)12-18-21(23(28)26(18)22)14(2)32-33(4,5)6/h7-24,26,29,35,39H,1,25,27-28H2,2-6H3;7-9,11,14,18,21H,1,10,12-13H2,2-6H3/t29-,35-,39-;14-,18-,21-/m11/s1. The van der Waals surface area contributed by atoms with Crippen molar-refractivity contribution < 1.29 is 61.4 Å². The van der Waals surface area contributed by atoms with Gasteiger partial charge in [-0.2, -0.15) is 0 Å². The van der Waals surface area contributed by atoms with Crippen LogP contribution in [0, 0.1) is 11.8 Å². The highest BCUT2D eigenvalue weighted by molar-refractivity contribution is 7.96. The molecular weight excluding hydrogens is 1140 g/mol. The lowest BCUT2D eigenvalue weighted by Gasteiger charge is -2.52. The Morgan fingerprint density at radius 2 is 1.12 bits per heavy atom. The summed E-state index contributed by atoms with van der Waals surface area (Å²) in [5.74, 6) is -2.22. The van der Waals surface area contributed by atoms with Crippen LogP contribution in [-0.4, -0.2) is 138 Å². The van der Waals surface area contributed by atoms with Gasteiger partial charge < -0.3 is 47.4 Å². The number of fused-ring (bicyclic) bond motifs is 3. The molecule has 0 saturated carbocycles. The third-order valence-electron chi connectivity index (χ3n) is 15.7. The first-order valence-corrected chi connectivity index (χ1v) is 37.4. The Balaban J connectivity index is 0.000000229. The van der Waals surface area contributed by atoms with Crippen molar-refractivity contribution in [1.29, 1.82) is 0 Å². The Bertz CT molecular complexity index is 3480. The summed E-state index contributed by atoms with van der Waals surface area (Å²) in [6.45, 7) is 20.3.